The molecule has 0 amide bonds. The van der Waals surface area contributed by atoms with Crippen LogP contribution in [-0.4, -0.2) is 5.11 Å². The topological polar surface area (TPSA) is 46.2 Å². The summed E-state index contributed by atoms with van der Waals surface area (Å²) in [6.45, 7) is 5.28. The molecule has 1 aromatic rings. The van der Waals surface area contributed by atoms with Crippen LogP contribution in [0.25, 0.3) is 0 Å². The fraction of sp³-hybridized carbons (Fsp3) is 0.333. The molecule has 0 aromatic heterocycles. The van der Waals surface area contributed by atoms with Crippen LogP contribution in [0.3, 0.4) is 0 Å². The largest absolute Gasteiger partial charge is 0.506 e. The molecule has 2 nitrogen and oxygen atoms in total. The highest BCUT2D eigenvalue weighted by molar-refractivity contribution is 9.10. The van der Waals surface area contributed by atoms with Gasteiger partial charge in [0.2, 0.25) is 0 Å². The molecule has 0 spiro atoms. The number of rotatable bonds is 3. The first kappa shape index (κ1) is 15.0. The van der Waals surface area contributed by atoms with Gasteiger partial charge in [-0.2, -0.15) is 13.2 Å². The minimum absolute atomic E-state index is 0.174. The molecule has 3 N–H and O–H groups in total. The van der Waals surface area contributed by atoms with Crippen LogP contribution in [0.2, 0.25) is 0 Å². The lowest BCUT2D eigenvalue weighted by atomic mass is 9.95. The third-order valence-corrected chi connectivity index (χ3v) is 3.05. The van der Waals surface area contributed by atoms with E-state index in [9.17, 15) is 18.3 Å². The van der Waals surface area contributed by atoms with Crippen molar-refractivity contribution in [1.82, 2.24) is 0 Å². The van der Waals surface area contributed by atoms with Crippen LogP contribution in [0, 0.1) is 0 Å². The van der Waals surface area contributed by atoms with Crippen molar-refractivity contribution in [2.45, 2.75) is 25.6 Å². The van der Waals surface area contributed by atoms with Gasteiger partial charge in [0.15, 0.2) is 0 Å². The molecule has 0 radical (unpaired) electrons. The molecule has 0 bridgehead atoms. The maximum Gasteiger partial charge on any atom is 0.416 e. The molecule has 6 heteroatoms. The van der Waals surface area contributed by atoms with E-state index in [2.05, 4.69) is 22.5 Å². The van der Waals surface area contributed by atoms with E-state index in [1.54, 1.807) is 6.92 Å². The molecule has 1 atom stereocenters. The highest BCUT2D eigenvalue weighted by atomic mass is 79.9. The van der Waals surface area contributed by atoms with Crippen molar-refractivity contribution in [2.24, 2.45) is 5.73 Å². The molecule has 18 heavy (non-hydrogen) atoms. The second-order valence-corrected chi connectivity index (χ2v) is 4.98. The second-order valence-electron chi connectivity index (χ2n) is 4.12. The lowest BCUT2D eigenvalue weighted by Crippen LogP contribution is -2.18. The van der Waals surface area contributed by atoms with E-state index in [4.69, 9.17) is 5.73 Å². The van der Waals surface area contributed by atoms with Gasteiger partial charge >= 0.3 is 6.18 Å². The van der Waals surface area contributed by atoms with Crippen molar-refractivity contribution in [3.63, 3.8) is 0 Å². The van der Waals surface area contributed by atoms with E-state index in [0.717, 1.165) is 12.1 Å². The Morgan fingerprint density at radius 2 is 2.06 bits per heavy atom. The van der Waals surface area contributed by atoms with Crippen LogP contribution in [0.5, 0.6) is 5.75 Å². The van der Waals surface area contributed by atoms with E-state index in [0.29, 0.717) is 5.57 Å². The Kier molecular flexibility index (Phi) is 4.45. The van der Waals surface area contributed by atoms with Gasteiger partial charge in [0.25, 0.3) is 0 Å². The van der Waals surface area contributed by atoms with Crippen LogP contribution < -0.4 is 5.73 Å². The van der Waals surface area contributed by atoms with Crippen molar-refractivity contribution in [2.75, 3.05) is 0 Å². The number of phenols is 1. The number of nitrogens with two attached hydrogens (primary N) is 1. The van der Waals surface area contributed by atoms with Gasteiger partial charge in [0, 0.05) is 11.6 Å². The van der Waals surface area contributed by atoms with E-state index in [1.807, 2.05) is 0 Å². The van der Waals surface area contributed by atoms with Crippen LogP contribution in [0.15, 0.2) is 28.8 Å². The third kappa shape index (κ3) is 3.26. The van der Waals surface area contributed by atoms with E-state index < -0.39 is 23.5 Å². The Hall–Kier alpha value is -1.01. The zero-order valence-corrected chi connectivity index (χ0v) is 11.3. The minimum Gasteiger partial charge on any atom is -0.506 e. The molecule has 0 aliphatic rings. The molecule has 0 heterocycles. The smallest absolute Gasteiger partial charge is 0.416 e. The summed E-state index contributed by atoms with van der Waals surface area (Å²) >= 11 is 2.99. The van der Waals surface area contributed by atoms with E-state index in [-0.39, 0.29) is 16.5 Å². The molecule has 0 unspecified atom stereocenters. The number of hydrogen-bond acceptors (Lipinski definition) is 2. The van der Waals surface area contributed by atoms with Crippen molar-refractivity contribution >= 4 is 15.9 Å². The summed E-state index contributed by atoms with van der Waals surface area (Å²) in [5.74, 6) is -0.474. The van der Waals surface area contributed by atoms with Gasteiger partial charge in [-0.1, -0.05) is 5.57 Å². The van der Waals surface area contributed by atoms with Gasteiger partial charge in [0.1, 0.15) is 5.75 Å². The first-order valence-electron chi connectivity index (χ1n) is 5.13. The predicted molar refractivity (Wildman–Crippen MR) is 67.2 cm³/mol. The summed E-state index contributed by atoms with van der Waals surface area (Å²) in [6.07, 6.45) is -4.38. The molecule has 0 saturated heterocycles. The number of halogens is 4. The van der Waals surface area contributed by atoms with E-state index >= 15 is 0 Å². The first-order valence-corrected chi connectivity index (χ1v) is 5.92. The number of benzene rings is 1. The molecule has 0 saturated carbocycles. The van der Waals surface area contributed by atoms with E-state index in [1.165, 1.54) is 0 Å². The fourth-order valence-corrected chi connectivity index (χ4v) is 2.03. The second kappa shape index (κ2) is 5.32. The zero-order valence-electron chi connectivity index (χ0n) is 9.68. The average molecular weight is 324 g/mol. The summed E-state index contributed by atoms with van der Waals surface area (Å²) in [6, 6.07) is 1.10. The van der Waals surface area contributed by atoms with Gasteiger partial charge < -0.3 is 10.8 Å². The minimum atomic E-state index is -4.56. The molecule has 0 aliphatic heterocycles. The average Bonchev–Trinajstić information content (AvgIpc) is 2.18. The highest BCUT2D eigenvalue weighted by Crippen LogP contribution is 2.42. The Bertz CT molecular complexity index is 471. The molecular weight excluding hydrogens is 311 g/mol. The Morgan fingerprint density at radius 1 is 1.50 bits per heavy atom. The van der Waals surface area contributed by atoms with Gasteiger partial charge in [-0.3, -0.25) is 0 Å². The zero-order chi connectivity index (χ0) is 14.1. The third-order valence-electron chi connectivity index (χ3n) is 2.41. The standard InChI is InChI=1S/C12H13BrF3NO/c1-6(2)5-9(17)10-7(12(14,15)16)3-4-8(13)11(10)18/h3-4,9,18H,1,5,17H2,2H3/t9-/m1/s1. The Labute approximate surface area is 111 Å². The molecular formula is C12H13BrF3NO. The number of aromatic hydroxyl groups is 1. The van der Waals surface area contributed by atoms with Crippen molar-refractivity contribution < 1.29 is 18.3 Å². The summed E-state index contributed by atoms with van der Waals surface area (Å²) < 4.78 is 38.7. The maximum absolute atomic E-state index is 12.9. The Morgan fingerprint density at radius 3 is 2.50 bits per heavy atom. The van der Waals surface area contributed by atoms with Crippen LogP contribution >= 0.6 is 15.9 Å². The fourth-order valence-electron chi connectivity index (χ4n) is 1.68. The number of alkyl halides is 3. The molecule has 1 rings (SSSR count). The first-order chi connectivity index (χ1) is 8.14. The molecule has 1 aromatic carbocycles. The van der Waals surface area contributed by atoms with Crippen molar-refractivity contribution in [3.8, 4) is 5.75 Å². The summed E-state index contributed by atoms with van der Waals surface area (Å²) in [4.78, 5) is 0. The van der Waals surface area contributed by atoms with Crippen molar-refractivity contribution in [3.05, 3.63) is 39.9 Å². The Balaban J connectivity index is 3.38. The molecule has 0 fully saturated rings. The predicted octanol–water partition coefficient (Wildman–Crippen LogP) is 4.14. The quantitative estimate of drug-likeness (QED) is 0.821. The highest BCUT2D eigenvalue weighted by Gasteiger charge is 2.36. The van der Waals surface area contributed by atoms with Crippen LogP contribution in [0.1, 0.15) is 30.5 Å². The number of phenolic OH excluding ortho intramolecular Hbond substituents is 1. The normalized spacial score (nSPS) is 13.4. The summed E-state index contributed by atoms with van der Waals surface area (Å²) in [7, 11) is 0. The molecule has 0 aliphatic carbocycles. The lowest BCUT2D eigenvalue weighted by Gasteiger charge is -2.20. The monoisotopic (exact) mass is 323 g/mol. The van der Waals surface area contributed by atoms with Gasteiger partial charge in [-0.05, 0) is 41.4 Å². The molecule has 100 valence electrons. The van der Waals surface area contributed by atoms with Gasteiger partial charge in [-0.25, -0.2) is 0 Å². The summed E-state index contributed by atoms with van der Waals surface area (Å²) in [5.41, 5.74) is 5.14. The van der Waals surface area contributed by atoms with Crippen LogP contribution in [-0.2, 0) is 6.18 Å². The van der Waals surface area contributed by atoms with Gasteiger partial charge in [-0.15, -0.1) is 6.58 Å². The van der Waals surface area contributed by atoms with Crippen LogP contribution in [0.4, 0.5) is 13.2 Å². The SMILES string of the molecule is C=C(C)C[C@@H](N)c1c(C(F)(F)F)ccc(Br)c1O. The van der Waals surface area contributed by atoms with Gasteiger partial charge in [0.05, 0.1) is 10.0 Å². The maximum atomic E-state index is 12.9. The number of hydrogen-bond donors (Lipinski definition) is 2. The van der Waals surface area contributed by atoms with Crippen molar-refractivity contribution in [1.29, 1.82) is 0 Å². The lowest BCUT2D eigenvalue weighted by molar-refractivity contribution is -0.138. The summed E-state index contributed by atoms with van der Waals surface area (Å²) in [5, 5.41) is 9.77.